The third-order valence-corrected chi connectivity index (χ3v) is 2.92. The minimum absolute atomic E-state index is 0.184. The molecule has 0 atom stereocenters. The van der Waals surface area contributed by atoms with Crippen LogP contribution in [0.25, 0.3) is 0 Å². The van der Waals surface area contributed by atoms with Crippen molar-refractivity contribution in [2.45, 2.75) is 41.0 Å². The van der Waals surface area contributed by atoms with Gasteiger partial charge in [0.15, 0.2) is 0 Å². The summed E-state index contributed by atoms with van der Waals surface area (Å²) < 4.78 is 4.56. The minimum Gasteiger partial charge on any atom is -0.457 e. The molecule has 71 valence electrons. The highest BCUT2D eigenvalue weighted by Crippen LogP contribution is 2.40. The average molecular weight is 171 g/mol. The predicted octanol–water partition coefficient (Wildman–Crippen LogP) is 2.53. The Balaban J connectivity index is 3.95. The molecule has 0 aromatic rings. The van der Waals surface area contributed by atoms with E-state index in [0.717, 1.165) is 6.42 Å². The van der Waals surface area contributed by atoms with Gasteiger partial charge in [-0.25, -0.2) is 4.79 Å². The normalized spacial score (nSPS) is 12.8. The van der Waals surface area contributed by atoms with E-state index < -0.39 is 0 Å². The Labute approximate surface area is 75.3 Å². The highest BCUT2D eigenvalue weighted by molar-refractivity contribution is 5.38. The molecule has 0 aliphatic heterocycles. The highest BCUT2D eigenvalue weighted by Gasteiger charge is 2.32. The lowest BCUT2D eigenvalue weighted by Crippen LogP contribution is -2.30. The average Bonchev–Trinajstić information content (AvgIpc) is 1.85. The maximum absolute atomic E-state index is 9.79. The van der Waals surface area contributed by atoms with E-state index in [1.807, 2.05) is 0 Å². The summed E-state index contributed by atoms with van der Waals surface area (Å²) in [6.45, 7) is 12.8. The van der Waals surface area contributed by atoms with Gasteiger partial charge in [-0.05, 0) is 17.3 Å². The van der Waals surface area contributed by atoms with Crippen LogP contribution in [0.5, 0.6) is 0 Å². The number of carbonyl (C=O) groups excluding carboxylic acids is 1. The van der Waals surface area contributed by atoms with E-state index in [1.54, 1.807) is 0 Å². The molecule has 0 aromatic carbocycles. The van der Waals surface area contributed by atoms with E-state index in [0.29, 0.717) is 6.61 Å². The van der Waals surface area contributed by atoms with Crippen molar-refractivity contribution >= 4 is 6.47 Å². The van der Waals surface area contributed by atoms with Crippen LogP contribution < -0.4 is 0 Å². The van der Waals surface area contributed by atoms with E-state index in [9.17, 15) is 4.79 Å². The van der Waals surface area contributed by atoms with Gasteiger partial charge >= 0.3 is 6.47 Å². The number of rotatable bonds is 4. The first-order valence-corrected chi connectivity index (χ1v) is 4.30. The Morgan fingerprint density at radius 3 is 2.00 bits per heavy atom. The molecule has 12 heavy (non-hydrogen) atoms. The van der Waals surface area contributed by atoms with Crippen LogP contribution in [0.3, 0.4) is 0 Å². The molecule has 0 spiro atoms. The Morgan fingerprint density at radius 1 is 1.17 bits per heavy atom. The fraction of sp³-hybridized carbons (Fsp3) is 0.900. The molecule has 0 saturated carbocycles. The van der Waals surface area contributed by atoms with Crippen LogP contribution >= 0.6 is 0 Å². The molecule has 0 amide bonds. The van der Waals surface area contributed by atoms with Gasteiger partial charge < -0.3 is 4.74 Å². The van der Waals surface area contributed by atoms with Gasteiger partial charge in [0.1, 0.15) is 0 Å². The first-order valence-electron chi connectivity index (χ1n) is 4.30. The van der Waals surface area contributed by atoms with E-state index in [4.69, 9.17) is 0 Å². The first kappa shape index (κ1) is 11.5. The van der Waals surface area contributed by atoms with Crippen LogP contribution in [0.4, 0.5) is 0 Å². The second kappa shape index (κ2) is 3.92. The summed E-state index contributed by atoms with van der Waals surface area (Å²) in [5, 5.41) is 0. The van der Waals surface area contributed by atoms with Crippen molar-refractivity contribution in [2.75, 3.05) is 6.61 Å². The summed E-state index contributed by atoms with van der Waals surface area (Å²) in [7, 11) is 0. The first-order chi connectivity index (χ1) is 5.31. The van der Waals surface area contributed by atoms with Gasteiger partial charge in [-0.3, -0.25) is 0 Å². The van der Waals surface area contributed by atoms with Gasteiger partial charge in [0.05, 0.1) is 6.61 Å². The molecule has 0 bridgehead atoms. The van der Waals surface area contributed by atoms with Crippen molar-refractivity contribution in [3.8, 4) is 0 Å². The molecule has 0 saturated heterocycles. The summed E-state index contributed by atoms with van der Waals surface area (Å²) in [4.78, 5) is 9.79. The Morgan fingerprint density at radius 2 is 1.67 bits per heavy atom. The Kier molecular flexibility index (Phi) is 3.75. The summed E-state index contributed by atoms with van der Waals surface area (Å²) >= 11 is 0. The molecule has 2 heteroatoms. The lowest BCUT2D eigenvalue weighted by Gasteiger charge is -2.38. The predicted molar refractivity (Wildman–Crippen MR) is 49.5 cm³/mol. The van der Waals surface area contributed by atoms with Gasteiger partial charge in [0.2, 0.25) is 0 Å². The molecule has 0 N–H and O–H groups in total. The van der Waals surface area contributed by atoms with Gasteiger partial charge in [0.25, 0.3) is 0 Å². The SMILES string of the molecule is CC(C)(C)C(C)(C)CCO[C]=O. The summed E-state index contributed by atoms with van der Waals surface area (Å²) in [6.07, 6.45) is 0.881. The van der Waals surface area contributed by atoms with E-state index >= 15 is 0 Å². The van der Waals surface area contributed by atoms with Crippen molar-refractivity contribution in [1.29, 1.82) is 0 Å². The molecular weight excluding hydrogens is 152 g/mol. The topological polar surface area (TPSA) is 26.3 Å². The molecule has 0 unspecified atom stereocenters. The zero-order chi connectivity index (χ0) is 9.83. The van der Waals surface area contributed by atoms with Crippen molar-refractivity contribution in [2.24, 2.45) is 10.8 Å². The van der Waals surface area contributed by atoms with Crippen molar-refractivity contribution < 1.29 is 9.53 Å². The quantitative estimate of drug-likeness (QED) is 0.607. The molecule has 2 nitrogen and oxygen atoms in total. The van der Waals surface area contributed by atoms with Crippen LogP contribution in [-0.2, 0) is 9.53 Å². The lowest BCUT2D eigenvalue weighted by molar-refractivity contribution is 0.0920. The van der Waals surface area contributed by atoms with Gasteiger partial charge in [-0.15, -0.1) is 0 Å². The third kappa shape index (κ3) is 3.24. The largest absolute Gasteiger partial charge is 0.457 e. The molecule has 0 aliphatic rings. The fourth-order valence-corrected chi connectivity index (χ4v) is 0.723. The van der Waals surface area contributed by atoms with Crippen molar-refractivity contribution in [1.82, 2.24) is 0 Å². The number of hydrogen-bond acceptors (Lipinski definition) is 2. The third-order valence-electron chi connectivity index (χ3n) is 2.92. The van der Waals surface area contributed by atoms with E-state index in [1.165, 1.54) is 6.47 Å². The van der Waals surface area contributed by atoms with Gasteiger partial charge in [-0.1, -0.05) is 34.6 Å². The number of hydrogen-bond donors (Lipinski definition) is 0. The zero-order valence-corrected chi connectivity index (χ0v) is 8.73. The second-order valence-electron chi connectivity index (χ2n) is 4.82. The monoisotopic (exact) mass is 171 g/mol. The zero-order valence-electron chi connectivity index (χ0n) is 8.73. The van der Waals surface area contributed by atoms with E-state index in [-0.39, 0.29) is 10.8 Å². The Bertz CT molecular complexity index is 142. The molecular formula is C10H19O2. The van der Waals surface area contributed by atoms with E-state index in [2.05, 4.69) is 39.4 Å². The lowest BCUT2D eigenvalue weighted by atomic mass is 9.67. The van der Waals surface area contributed by atoms with Gasteiger partial charge in [-0.2, -0.15) is 0 Å². The van der Waals surface area contributed by atoms with Gasteiger partial charge in [0, 0.05) is 0 Å². The molecule has 0 heterocycles. The smallest absolute Gasteiger partial charge is 0.417 e. The van der Waals surface area contributed by atoms with Crippen molar-refractivity contribution in [3.05, 3.63) is 0 Å². The maximum atomic E-state index is 9.79. The summed E-state index contributed by atoms with van der Waals surface area (Å²) in [5.41, 5.74) is 0.420. The Hall–Kier alpha value is -0.530. The summed E-state index contributed by atoms with van der Waals surface area (Å²) in [6, 6.07) is 0. The molecule has 1 radical (unpaired) electrons. The van der Waals surface area contributed by atoms with Crippen LogP contribution in [0.15, 0.2) is 0 Å². The fourth-order valence-electron chi connectivity index (χ4n) is 0.723. The van der Waals surface area contributed by atoms with Crippen LogP contribution in [0, 0.1) is 10.8 Å². The molecule has 0 rings (SSSR count). The standard InChI is InChI=1S/C10H19O2/c1-9(2,3)10(4,5)6-7-12-8-11/h6-7H2,1-5H3. The number of ether oxygens (including phenoxy) is 1. The molecule has 0 fully saturated rings. The van der Waals surface area contributed by atoms with Crippen LogP contribution in [0.2, 0.25) is 0 Å². The van der Waals surface area contributed by atoms with Crippen molar-refractivity contribution in [3.63, 3.8) is 0 Å². The second-order valence-corrected chi connectivity index (χ2v) is 4.82. The van der Waals surface area contributed by atoms with Crippen LogP contribution in [0.1, 0.15) is 41.0 Å². The maximum Gasteiger partial charge on any atom is 0.417 e. The molecule has 0 aliphatic carbocycles. The highest BCUT2D eigenvalue weighted by atomic mass is 16.5. The summed E-state index contributed by atoms with van der Waals surface area (Å²) in [5.74, 6) is 0. The minimum atomic E-state index is 0.184. The molecule has 0 aromatic heterocycles. The van der Waals surface area contributed by atoms with Crippen LogP contribution in [-0.4, -0.2) is 13.1 Å².